The lowest BCUT2D eigenvalue weighted by Crippen LogP contribution is -2.54. The number of amides is 4. The quantitative estimate of drug-likeness (QED) is 0.452. The van der Waals surface area contributed by atoms with E-state index in [2.05, 4.69) is 5.32 Å². The zero-order chi connectivity index (χ0) is 17.3. The molecule has 1 aliphatic heterocycles. The molecule has 0 atom stereocenters. The van der Waals surface area contributed by atoms with Crippen molar-refractivity contribution in [1.82, 2.24) is 5.32 Å². The lowest BCUT2D eigenvalue weighted by Gasteiger charge is -2.26. The minimum Gasteiger partial charge on any atom is -0.497 e. The maximum atomic E-state index is 12.6. The van der Waals surface area contributed by atoms with Gasteiger partial charge in [0.1, 0.15) is 17.1 Å². The topological polar surface area (TPSA) is 88.8 Å². The van der Waals surface area contributed by atoms with Gasteiger partial charge in [0.2, 0.25) is 0 Å². The van der Waals surface area contributed by atoms with Gasteiger partial charge < -0.3 is 9.15 Å². The molecule has 1 saturated heterocycles. The molecule has 1 aromatic heterocycles. The van der Waals surface area contributed by atoms with Crippen LogP contribution in [0.5, 0.6) is 5.75 Å². The average Bonchev–Trinajstić information content (AvgIpc) is 2.97. The second kappa shape index (κ2) is 6.48. The van der Waals surface area contributed by atoms with E-state index in [1.807, 2.05) is 22.6 Å². The number of hydrogen-bond donors (Lipinski definition) is 1. The molecule has 0 bridgehead atoms. The maximum absolute atomic E-state index is 12.6. The Kier molecular flexibility index (Phi) is 4.38. The molecule has 1 aliphatic rings. The summed E-state index contributed by atoms with van der Waals surface area (Å²) in [7, 11) is 1.51. The van der Waals surface area contributed by atoms with Crippen molar-refractivity contribution in [2.24, 2.45) is 0 Å². The number of anilines is 1. The first kappa shape index (κ1) is 16.2. The van der Waals surface area contributed by atoms with Gasteiger partial charge in [0.05, 0.1) is 12.8 Å². The van der Waals surface area contributed by atoms with Crippen LogP contribution in [-0.2, 0) is 9.59 Å². The number of nitrogens with one attached hydrogen (secondary N) is 1. The summed E-state index contributed by atoms with van der Waals surface area (Å²) in [5, 5.41) is 2.15. The summed E-state index contributed by atoms with van der Waals surface area (Å²) in [6.07, 6.45) is 1.31. The summed E-state index contributed by atoms with van der Waals surface area (Å²) >= 11 is 1.97. The van der Waals surface area contributed by atoms with Crippen molar-refractivity contribution in [3.05, 3.63) is 51.5 Å². The van der Waals surface area contributed by atoms with Crippen molar-refractivity contribution < 1.29 is 23.5 Å². The lowest BCUT2D eigenvalue weighted by molar-refractivity contribution is -0.122. The van der Waals surface area contributed by atoms with Gasteiger partial charge in [-0.25, -0.2) is 9.69 Å². The van der Waals surface area contributed by atoms with Crippen LogP contribution in [0, 0.1) is 3.77 Å². The molecular weight excluding hydrogens is 427 g/mol. The number of halogens is 1. The summed E-state index contributed by atoms with van der Waals surface area (Å²) in [5.41, 5.74) is 0.141. The minimum atomic E-state index is -0.804. The second-order valence-electron chi connectivity index (χ2n) is 4.80. The van der Waals surface area contributed by atoms with Gasteiger partial charge in [-0.15, -0.1) is 0 Å². The molecule has 0 saturated carbocycles. The van der Waals surface area contributed by atoms with Crippen molar-refractivity contribution in [2.75, 3.05) is 12.0 Å². The number of barbiturate groups is 1. The van der Waals surface area contributed by atoms with E-state index in [1.165, 1.54) is 13.2 Å². The molecule has 7 nitrogen and oxygen atoms in total. The number of carbonyl (C=O) groups excluding carboxylic acids is 3. The molecule has 1 N–H and O–H groups in total. The molecule has 2 aromatic rings. The molecule has 0 spiro atoms. The van der Waals surface area contributed by atoms with Crippen LogP contribution >= 0.6 is 22.6 Å². The number of rotatable bonds is 3. The van der Waals surface area contributed by atoms with E-state index in [4.69, 9.17) is 9.15 Å². The van der Waals surface area contributed by atoms with Crippen LogP contribution < -0.4 is 15.0 Å². The Morgan fingerprint density at radius 2 is 1.83 bits per heavy atom. The molecule has 8 heteroatoms. The molecule has 24 heavy (non-hydrogen) atoms. The SMILES string of the molecule is COc1ccc(N2C(=O)NC(=O)/C(=C/c3ccc(I)o3)C2=O)cc1. The number of urea groups is 1. The third-order valence-electron chi connectivity index (χ3n) is 3.31. The number of methoxy groups -OCH3 is 1. The van der Waals surface area contributed by atoms with Gasteiger partial charge in [0.15, 0.2) is 3.77 Å². The summed E-state index contributed by atoms with van der Waals surface area (Å²) in [6, 6.07) is 8.86. The van der Waals surface area contributed by atoms with E-state index >= 15 is 0 Å². The fraction of sp³-hybridized carbons (Fsp3) is 0.0625. The highest BCUT2D eigenvalue weighted by Gasteiger charge is 2.37. The van der Waals surface area contributed by atoms with Gasteiger partial charge in [-0.1, -0.05) is 0 Å². The molecule has 0 unspecified atom stereocenters. The number of imide groups is 2. The molecule has 1 fully saturated rings. The number of benzene rings is 1. The number of ether oxygens (including phenoxy) is 1. The predicted molar refractivity (Wildman–Crippen MR) is 93.4 cm³/mol. The first-order valence-corrected chi connectivity index (χ1v) is 7.88. The van der Waals surface area contributed by atoms with Crippen LogP contribution in [0.25, 0.3) is 6.08 Å². The monoisotopic (exact) mass is 438 g/mol. The number of carbonyl (C=O) groups is 3. The lowest BCUT2D eigenvalue weighted by atomic mass is 10.1. The highest BCUT2D eigenvalue weighted by atomic mass is 127. The molecule has 0 radical (unpaired) electrons. The Labute approximate surface area is 150 Å². The van der Waals surface area contributed by atoms with Crippen LogP contribution in [0.2, 0.25) is 0 Å². The predicted octanol–water partition coefficient (Wildman–Crippen LogP) is 2.56. The van der Waals surface area contributed by atoms with E-state index in [9.17, 15) is 14.4 Å². The third-order valence-corrected chi connectivity index (χ3v) is 3.89. The highest BCUT2D eigenvalue weighted by molar-refractivity contribution is 14.1. The van der Waals surface area contributed by atoms with E-state index < -0.39 is 17.8 Å². The molecule has 4 amide bonds. The Hall–Kier alpha value is -2.62. The summed E-state index contributed by atoms with van der Waals surface area (Å²) in [6.45, 7) is 0. The summed E-state index contributed by atoms with van der Waals surface area (Å²) < 4.78 is 11.0. The largest absolute Gasteiger partial charge is 0.497 e. The van der Waals surface area contributed by atoms with Gasteiger partial charge in [0.25, 0.3) is 11.8 Å². The first-order chi connectivity index (χ1) is 11.5. The molecule has 1 aromatic carbocycles. The van der Waals surface area contributed by atoms with Crippen molar-refractivity contribution >= 4 is 52.2 Å². The van der Waals surface area contributed by atoms with Gasteiger partial charge >= 0.3 is 6.03 Å². The van der Waals surface area contributed by atoms with Crippen molar-refractivity contribution in [2.45, 2.75) is 0 Å². The average molecular weight is 438 g/mol. The van der Waals surface area contributed by atoms with Crippen LogP contribution in [0.15, 0.2) is 46.4 Å². The second-order valence-corrected chi connectivity index (χ2v) is 5.86. The highest BCUT2D eigenvalue weighted by Crippen LogP contribution is 2.24. The Bertz CT molecular complexity index is 854. The maximum Gasteiger partial charge on any atom is 0.335 e. The Morgan fingerprint density at radius 1 is 1.12 bits per heavy atom. The standard InChI is InChI=1S/C16H11IN2O5/c1-23-10-4-2-9(3-5-10)19-15(21)12(14(20)18-16(19)22)8-11-6-7-13(17)24-11/h2-8H,1H3,(H,18,20,22)/b12-8-. The van der Waals surface area contributed by atoms with Gasteiger partial charge in [-0.2, -0.15) is 0 Å². The van der Waals surface area contributed by atoms with Crippen molar-refractivity contribution in [3.63, 3.8) is 0 Å². The number of furan rings is 1. The fourth-order valence-electron chi connectivity index (χ4n) is 2.17. The minimum absolute atomic E-state index is 0.184. The van der Waals surface area contributed by atoms with Gasteiger partial charge in [0, 0.05) is 0 Å². The first-order valence-electron chi connectivity index (χ1n) is 6.80. The summed E-state index contributed by atoms with van der Waals surface area (Å²) in [5.74, 6) is -0.552. The van der Waals surface area contributed by atoms with Crippen LogP contribution in [-0.4, -0.2) is 25.0 Å². The smallest absolute Gasteiger partial charge is 0.335 e. The van der Waals surface area contributed by atoms with Crippen LogP contribution in [0.1, 0.15) is 5.76 Å². The van der Waals surface area contributed by atoms with E-state index in [0.29, 0.717) is 21.0 Å². The van der Waals surface area contributed by atoms with Crippen LogP contribution in [0.3, 0.4) is 0 Å². The van der Waals surface area contributed by atoms with E-state index in [-0.39, 0.29) is 5.57 Å². The van der Waals surface area contributed by atoms with Crippen molar-refractivity contribution in [1.29, 1.82) is 0 Å². The normalized spacial score (nSPS) is 16.5. The third kappa shape index (κ3) is 3.04. The molecule has 0 aliphatic carbocycles. The Balaban J connectivity index is 1.97. The number of nitrogens with zero attached hydrogens (tertiary/aromatic N) is 1. The van der Waals surface area contributed by atoms with Gasteiger partial charge in [-0.3, -0.25) is 14.9 Å². The molecular formula is C16H11IN2O5. The fourth-order valence-corrected chi connectivity index (χ4v) is 2.61. The molecule has 3 rings (SSSR count). The zero-order valence-electron chi connectivity index (χ0n) is 12.4. The van der Waals surface area contributed by atoms with Crippen molar-refractivity contribution in [3.8, 4) is 5.75 Å². The zero-order valence-corrected chi connectivity index (χ0v) is 14.6. The van der Waals surface area contributed by atoms with Crippen LogP contribution in [0.4, 0.5) is 10.5 Å². The summed E-state index contributed by atoms with van der Waals surface area (Å²) in [4.78, 5) is 37.6. The number of hydrogen-bond acceptors (Lipinski definition) is 5. The molecule has 122 valence electrons. The molecule has 2 heterocycles. The van der Waals surface area contributed by atoms with E-state index in [0.717, 1.165) is 4.90 Å². The Morgan fingerprint density at radius 3 is 2.42 bits per heavy atom. The van der Waals surface area contributed by atoms with Gasteiger partial charge in [-0.05, 0) is 65.1 Å². The van der Waals surface area contributed by atoms with E-state index in [1.54, 1.807) is 36.4 Å².